The minimum atomic E-state index is 0.409. The van der Waals surface area contributed by atoms with Crippen LogP contribution in [-0.2, 0) is 6.54 Å². The van der Waals surface area contributed by atoms with Crippen molar-refractivity contribution in [3.63, 3.8) is 0 Å². The number of nitriles is 1. The minimum Gasteiger partial charge on any atom is -0.419 e. The van der Waals surface area contributed by atoms with Crippen molar-refractivity contribution in [3.8, 4) is 17.5 Å². The van der Waals surface area contributed by atoms with Gasteiger partial charge in [-0.1, -0.05) is 11.6 Å². The number of fused-ring (bicyclic) bond motifs is 1. The minimum absolute atomic E-state index is 0.409. The number of aryl methyl sites for hydroxylation is 1. The van der Waals surface area contributed by atoms with Crippen LogP contribution in [0.5, 0.6) is 0 Å². The molecule has 0 atom stereocenters. The average molecular weight is 429 g/mol. The number of aromatic nitrogens is 4. The normalized spacial score (nSPS) is 11.0. The van der Waals surface area contributed by atoms with Gasteiger partial charge in [0.2, 0.25) is 11.8 Å². The highest BCUT2D eigenvalue weighted by Crippen LogP contribution is 2.30. The molecule has 3 aromatic heterocycles. The Hall–Kier alpha value is -2.69. The van der Waals surface area contributed by atoms with Crippen LogP contribution >= 0.6 is 27.5 Å². The van der Waals surface area contributed by atoms with Gasteiger partial charge in [-0.15, -0.1) is 10.2 Å². The van der Waals surface area contributed by atoms with Gasteiger partial charge in [0.25, 0.3) is 0 Å². The molecule has 0 spiro atoms. The number of hydrogen-bond donors (Lipinski definition) is 0. The quantitative estimate of drug-likeness (QED) is 0.471. The lowest BCUT2D eigenvalue weighted by Crippen LogP contribution is -2.01. The van der Waals surface area contributed by atoms with Gasteiger partial charge in [-0.25, -0.2) is 0 Å². The molecule has 0 amide bonds. The van der Waals surface area contributed by atoms with E-state index in [4.69, 9.17) is 21.3 Å². The molecule has 3 heterocycles. The number of rotatable bonds is 3. The molecule has 0 N–H and O–H groups in total. The fourth-order valence-corrected chi connectivity index (χ4v) is 3.45. The molecule has 0 saturated carbocycles. The highest BCUT2D eigenvalue weighted by atomic mass is 79.9. The molecule has 0 radical (unpaired) electrons. The Morgan fingerprint density at radius 2 is 2.12 bits per heavy atom. The van der Waals surface area contributed by atoms with Crippen LogP contribution < -0.4 is 0 Å². The van der Waals surface area contributed by atoms with Crippen LogP contribution in [0.4, 0.5) is 0 Å². The summed E-state index contributed by atoms with van der Waals surface area (Å²) in [6, 6.07) is 9.51. The summed E-state index contributed by atoms with van der Waals surface area (Å²) in [6.45, 7) is 2.38. The Balaban J connectivity index is 1.71. The molecule has 0 bridgehead atoms. The second-order valence-corrected chi connectivity index (χ2v) is 7.03. The summed E-state index contributed by atoms with van der Waals surface area (Å²) in [6.07, 6.45) is 3.36. The number of nitrogens with zero attached hydrogens (tertiary/aromatic N) is 5. The summed E-state index contributed by atoms with van der Waals surface area (Å²) in [7, 11) is 0. The summed E-state index contributed by atoms with van der Waals surface area (Å²) in [5.74, 6) is 0.883. The fraction of sp³-hybridized carbons (Fsp3) is 0.111. The second-order valence-electron chi connectivity index (χ2n) is 5.74. The Kier molecular flexibility index (Phi) is 4.23. The van der Waals surface area contributed by atoms with Crippen LogP contribution in [0.25, 0.3) is 22.4 Å². The fourth-order valence-electron chi connectivity index (χ4n) is 2.83. The zero-order chi connectivity index (χ0) is 18.3. The third-order valence-corrected chi connectivity index (χ3v) is 4.90. The van der Waals surface area contributed by atoms with Gasteiger partial charge >= 0.3 is 0 Å². The van der Waals surface area contributed by atoms with E-state index < -0.39 is 0 Å². The largest absolute Gasteiger partial charge is 0.419 e. The number of pyridine rings is 1. The Morgan fingerprint density at radius 3 is 2.88 bits per heavy atom. The summed E-state index contributed by atoms with van der Waals surface area (Å²) in [5.41, 5.74) is 3.10. The van der Waals surface area contributed by atoms with Crippen LogP contribution in [0, 0.1) is 18.3 Å². The summed E-state index contributed by atoms with van der Waals surface area (Å²) < 4.78 is 8.65. The number of benzene rings is 1. The maximum Gasteiger partial charge on any atom is 0.249 e. The van der Waals surface area contributed by atoms with Gasteiger partial charge in [0.15, 0.2) is 0 Å². The van der Waals surface area contributed by atoms with Crippen molar-refractivity contribution >= 4 is 38.4 Å². The van der Waals surface area contributed by atoms with Gasteiger partial charge < -0.3 is 8.98 Å². The van der Waals surface area contributed by atoms with Crippen LogP contribution in [0.3, 0.4) is 0 Å². The van der Waals surface area contributed by atoms with Crippen molar-refractivity contribution < 1.29 is 4.42 Å². The van der Waals surface area contributed by atoms with Crippen LogP contribution in [-0.4, -0.2) is 19.7 Å². The molecule has 8 heteroatoms. The van der Waals surface area contributed by atoms with E-state index in [1.54, 1.807) is 18.5 Å². The Morgan fingerprint density at radius 1 is 1.27 bits per heavy atom. The van der Waals surface area contributed by atoms with Crippen LogP contribution in [0.2, 0.25) is 5.02 Å². The van der Waals surface area contributed by atoms with E-state index in [1.807, 2.05) is 29.7 Å². The third kappa shape index (κ3) is 2.87. The second kappa shape index (κ2) is 6.56. The topological polar surface area (TPSA) is 80.5 Å². The number of hydrogen-bond acceptors (Lipinski definition) is 5. The van der Waals surface area contributed by atoms with Gasteiger partial charge in [0, 0.05) is 27.9 Å². The van der Waals surface area contributed by atoms with E-state index in [1.165, 1.54) is 0 Å². The standard InChI is InChI=1S/C18H11BrClN5O/c1-10-4-14-15(3-2-11(6-21)17(14)20)25(10)9-16-23-24-18(26-16)12-5-13(19)8-22-7-12/h2-5,7-8H,9H2,1H3. The van der Waals surface area contributed by atoms with Crippen molar-refractivity contribution in [3.05, 3.63) is 63.3 Å². The van der Waals surface area contributed by atoms with Crippen molar-refractivity contribution in [1.29, 1.82) is 5.26 Å². The maximum atomic E-state index is 9.14. The molecule has 26 heavy (non-hydrogen) atoms. The summed E-state index contributed by atoms with van der Waals surface area (Å²) in [5, 5.41) is 18.7. The zero-order valence-corrected chi connectivity index (χ0v) is 15.9. The molecule has 0 saturated heterocycles. The summed E-state index contributed by atoms with van der Waals surface area (Å²) >= 11 is 9.71. The maximum absolute atomic E-state index is 9.14. The molecule has 6 nitrogen and oxygen atoms in total. The highest BCUT2D eigenvalue weighted by Gasteiger charge is 2.15. The highest BCUT2D eigenvalue weighted by molar-refractivity contribution is 9.10. The molecule has 0 aliphatic rings. The molecule has 4 rings (SSSR count). The molecule has 0 fully saturated rings. The first kappa shape index (κ1) is 16.8. The zero-order valence-electron chi connectivity index (χ0n) is 13.6. The molecule has 4 aromatic rings. The Bertz CT molecular complexity index is 1170. The van der Waals surface area contributed by atoms with E-state index in [0.29, 0.717) is 28.9 Å². The van der Waals surface area contributed by atoms with E-state index in [-0.39, 0.29) is 0 Å². The van der Waals surface area contributed by atoms with Crippen LogP contribution in [0.15, 0.2) is 45.5 Å². The lowest BCUT2D eigenvalue weighted by molar-refractivity contribution is 0.489. The van der Waals surface area contributed by atoms with Crippen molar-refractivity contribution in [2.45, 2.75) is 13.5 Å². The van der Waals surface area contributed by atoms with E-state index >= 15 is 0 Å². The molecular weight excluding hydrogens is 418 g/mol. The van der Waals surface area contributed by atoms with Crippen molar-refractivity contribution in [2.75, 3.05) is 0 Å². The van der Waals surface area contributed by atoms with Gasteiger partial charge in [0.05, 0.1) is 21.7 Å². The molecule has 0 aliphatic heterocycles. The summed E-state index contributed by atoms with van der Waals surface area (Å²) in [4.78, 5) is 4.11. The predicted octanol–water partition coefficient (Wildman–Crippen LogP) is 4.73. The average Bonchev–Trinajstić information content (AvgIpc) is 3.22. The van der Waals surface area contributed by atoms with Gasteiger partial charge in [-0.2, -0.15) is 5.26 Å². The van der Waals surface area contributed by atoms with Crippen molar-refractivity contribution in [2.24, 2.45) is 0 Å². The smallest absolute Gasteiger partial charge is 0.249 e. The monoisotopic (exact) mass is 427 g/mol. The van der Waals surface area contributed by atoms with Gasteiger partial charge in [-0.05, 0) is 47.1 Å². The van der Waals surface area contributed by atoms with Crippen LogP contribution in [0.1, 0.15) is 17.1 Å². The number of halogens is 2. The first-order valence-corrected chi connectivity index (χ1v) is 8.85. The van der Waals surface area contributed by atoms with Gasteiger partial charge in [0.1, 0.15) is 12.6 Å². The van der Waals surface area contributed by atoms with E-state index in [0.717, 1.165) is 26.6 Å². The molecule has 1 aromatic carbocycles. The van der Waals surface area contributed by atoms with E-state index in [2.05, 4.69) is 37.2 Å². The molecular formula is C18H11BrClN5O. The predicted molar refractivity (Wildman–Crippen MR) is 101 cm³/mol. The first-order chi connectivity index (χ1) is 12.6. The van der Waals surface area contributed by atoms with Gasteiger partial charge in [-0.3, -0.25) is 4.98 Å². The van der Waals surface area contributed by atoms with Crippen molar-refractivity contribution in [1.82, 2.24) is 19.7 Å². The van der Waals surface area contributed by atoms with E-state index in [9.17, 15) is 0 Å². The lowest BCUT2D eigenvalue weighted by atomic mass is 10.2. The molecule has 0 aliphatic carbocycles. The third-order valence-electron chi connectivity index (χ3n) is 4.06. The molecule has 0 unspecified atom stereocenters. The SMILES string of the molecule is Cc1cc2c(Cl)c(C#N)ccc2n1Cc1nnc(-c2cncc(Br)c2)o1. The Labute approximate surface area is 162 Å². The lowest BCUT2D eigenvalue weighted by Gasteiger charge is -2.05. The first-order valence-electron chi connectivity index (χ1n) is 7.68. The molecule has 128 valence electrons.